The SMILES string of the molecule is CN(Cc1ccc(Br)cc1Oc1cccc(Cl)c1)C(=O)CCS(=O)(=O)c1ccc(Br)cc1. The average molecular weight is 602 g/mol. The number of nitrogens with zero attached hydrogens (tertiary/aromatic N) is 1. The summed E-state index contributed by atoms with van der Waals surface area (Å²) in [6, 6.07) is 18.9. The second kappa shape index (κ2) is 10.8. The van der Waals surface area contributed by atoms with Gasteiger partial charge in [0.2, 0.25) is 5.91 Å². The van der Waals surface area contributed by atoms with Crippen molar-refractivity contribution >= 4 is 59.2 Å². The van der Waals surface area contributed by atoms with Crippen molar-refractivity contribution in [2.45, 2.75) is 17.9 Å². The number of sulfone groups is 1. The minimum Gasteiger partial charge on any atom is -0.457 e. The molecule has 0 spiro atoms. The van der Waals surface area contributed by atoms with Crippen LogP contribution in [-0.4, -0.2) is 32.0 Å². The van der Waals surface area contributed by atoms with E-state index in [2.05, 4.69) is 31.9 Å². The number of hydrogen-bond donors (Lipinski definition) is 0. The van der Waals surface area contributed by atoms with Gasteiger partial charge in [-0.1, -0.05) is 55.6 Å². The molecule has 0 N–H and O–H groups in total. The maximum absolute atomic E-state index is 12.6. The molecule has 3 aromatic rings. The van der Waals surface area contributed by atoms with E-state index in [0.717, 1.165) is 14.5 Å². The monoisotopic (exact) mass is 599 g/mol. The first-order valence-electron chi connectivity index (χ1n) is 9.58. The molecule has 3 aromatic carbocycles. The highest BCUT2D eigenvalue weighted by Gasteiger charge is 2.19. The molecule has 0 radical (unpaired) electrons. The molecule has 9 heteroatoms. The largest absolute Gasteiger partial charge is 0.457 e. The summed E-state index contributed by atoms with van der Waals surface area (Å²) in [6.07, 6.45) is -0.115. The van der Waals surface area contributed by atoms with Gasteiger partial charge in [0.25, 0.3) is 0 Å². The van der Waals surface area contributed by atoms with Gasteiger partial charge in [-0.05, 0) is 54.6 Å². The van der Waals surface area contributed by atoms with E-state index >= 15 is 0 Å². The molecule has 3 rings (SSSR count). The molecule has 0 aliphatic carbocycles. The summed E-state index contributed by atoms with van der Waals surface area (Å²) in [5.41, 5.74) is 0.778. The molecule has 0 aliphatic heterocycles. The molecule has 168 valence electrons. The summed E-state index contributed by atoms with van der Waals surface area (Å²) in [5.74, 6) is 0.613. The lowest BCUT2D eigenvalue weighted by molar-refractivity contribution is -0.130. The number of hydrogen-bond acceptors (Lipinski definition) is 4. The summed E-state index contributed by atoms with van der Waals surface area (Å²) in [4.78, 5) is 14.3. The number of carbonyl (C=O) groups excluding carboxylic acids is 1. The third-order valence-electron chi connectivity index (χ3n) is 4.64. The first-order valence-corrected chi connectivity index (χ1v) is 13.2. The lowest BCUT2D eigenvalue weighted by Crippen LogP contribution is -2.28. The predicted octanol–water partition coefficient (Wildman–Crippen LogP) is 6.48. The van der Waals surface area contributed by atoms with Crippen molar-refractivity contribution in [1.82, 2.24) is 4.90 Å². The molecule has 0 atom stereocenters. The maximum atomic E-state index is 12.6. The Morgan fingerprint density at radius 2 is 1.69 bits per heavy atom. The van der Waals surface area contributed by atoms with Gasteiger partial charge < -0.3 is 9.64 Å². The second-order valence-corrected chi connectivity index (χ2v) is 11.5. The number of benzene rings is 3. The zero-order valence-electron chi connectivity index (χ0n) is 17.1. The van der Waals surface area contributed by atoms with Crippen molar-refractivity contribution in [3.63, 3.8) is 0 Å². The Balaban J connectivity index is 1.68. The van der Waals surface area contributed by atoms with Gasteiger partial charge in [0.1, 0.15) is 11.5 Å². The molecule has 0 aliphatic rings. The van der Waals surface area contributed by atoms with E-state index in [9.17, 15) is 13.2 Å². The Labute approximate surface area is 209 Å². The number of carbonyl (C=O) groups is 1. The lowest BCUT2D eigenvalue weighted by atomic mass is 10.2. The number of ether oxygens (including phenoxy) is 1. The molecular weight excluding hydrogens is 582 g/mol. The molecule has 0 heterocycles. The van der Waals surface area contributed by atoms with Crippen molar-refractivity contribution in [3.8, 4) is 11.5 Å². The highest BCUT2D eigenvalue weighted by atomic mass is 79.9. The van der Waals surface area contributed by atoms with E-state index in [0.29, 0.717) is 16.5 Å². The molecule has 0 aromatic heterocycles. The second-order valence-electron chi connectivity index (χ2n) is 7.08. The third kappa shape index (κ3) is 6.81. The normalized spacial score (nSPS) is 11.2. The average Bonchev–Trinajstić information content (AvgIpc) is 2.74. The van der Waals surface area contributed by atoms with Crippen molar-refractivity contribution in [2.24, 2.45) is 0 Å². The molecule has 1 amide bonds. The lowest BCUT2D eigenvalue weighted by Gasteiger charge is -2.20. The minimum absolute atomic E-state index is 0.115. The first-order chi connectivity index (χ1) is 15.1. The van der Waals surface area contributed by atoms with Crippen LogP contribution in [0, 0.1) is 0 Å². The number of amides is 1. The smallest absolute Gasteiger partial charge is 0.223 e. The summed E-state index contributed by atoms with van der Waals surface area (Å²) in [7, 11) is -1.91. The van der Waals surface area contributed by atoms with E-state index in [4.69, 9.17) is 16.3 Å². The van der Waals surface area contributed by atoms with Crippen molar-refractivity contribution in [3.05, 3.63) is 86.3 Å². The van der Waals surface area contributed by atoms with E-state index in [1.165, 1.54) is 17.0 Å². The summed E-state index contributed by atoms with van der Waals surface area (Å²) >= 11 is 12.8. The van der Waals surface area contributed by atoms with Crippen LogP contribution in [0.15, 0.2) is 80.6 Å². The van der Waals surface area contributed by atoms with Crippen LogP contribution in [0.1, 0.15) is 12.0 Å². The topological polar surface area (TPSA) is 63.7 Å². The Morgan fingerprint density at radius 1 is 1.00 bits per heavy atom. The van der Waals surface area contributed by atoms with Gasteiger partial charge in [-0.15, -0.1) is 0 Å². The van der Waals surface area contributed by atoms with Gasteiger partial charge in [-0.3, -0.25) is 4.79 Å². The highest BCUT2D eigenvalue weighted by Crippen LogP contribution is 2.30. The number of rotatable bonds is 8. The van der Waals surface area contributed by atoms with Crippen LogP contribution >= 0.6 is 43.5 Å². The van der Waals surface area contributed by atoms with E-state index in [1.807, 2.05) is 18.2 Å². The van der Waals surface area contributed by atoms with Gasteiger partial charge in [-0.25, -0.2) is 8.42 Å². The third-order valence-corrected chi connectivity index (χ3v) is 7.63. The minimum atomic E-state index is -3.55. The van der Waals surface area contributed by atoms with Crippen molar-refractivity contribution in [2.75, 3.05) is 12.8 Å². The van der Waals surface area contributed by atoms with Gasteiger partial charge in [-0.2, -0.15) is 0 Å². The van der Waals surface area contributed by atoms with Gasteiger partial charge >= 0.3 is 0 Å². The van der Waals surface area contributed by atoms with E-state index in [-0.39, 0.29) is 29.5 Å². The standard InChI is InChI=1S/C23H20Br2ClNO4S/c1-27(23(28)11-12-32(29,30)21-9-7-17(24)8-10-21)15-16-5-6-18(25)13-22(16)31-20-4-2-3-19(26)14-20/h2-10,13-14H,11-12,15H2,1H3. The van der Waals surface area contributed by atoms with Gasteiger partial charge in [0.05, 0.1) is 10.6 Å². The predicted molar refractivity (Wildman–Crippen MR) is 133 cm³/mol. The molecule has 32 heavy (non-hydrogen) atoms. The molecule has 0 saturated carbocycles. The van der Waals surface area contributed by atoms with Gasteiger partial charge in [0, 0.05) is 39.5 Å². The zero-order valence-corrected chi connectivity index (χ0v) is 21.8. The molecule has 0 fully saturated rings. The van der Waals surface area contributed by atoms with Gasteiger partial charge in [0.15, 0.2) is 9.84 Å². The van der Waals surface area contributed by atoms with Crippen LogP contribution in [0.25, 0.3) is 0 Å². The van der Waals surface area contributed by atoms with E-state index in [1.54, 1.807) is 43.4 Å². The molecule has 5 nitrogen and oxygen atoms in total. The summed E-state index contributed by atoms with van der Waals surface area (Å²) in [5, 5.41) is 0.554. The maximum Gasteiger partial charge on any atom is 0.223 e. The Bertz CT molecular complexity index is 1220. The van der Waals surface area contributed by atoms with Crippen LogP contribution in [0.2, 0.25) is 5.02 Å². The fourth-order valence-corrected chi connectivity index (χ4v) is 4.94. The quantitative estimate of drug-likeness (QED) is 0.297. The van der Waals surface area contributed by atoms with Crippen LogP contribution in [0.3, 0.4) is 0 Å². The number of halogens is 3. The molecule has 0 unspecified atom stereocenters. The van der Waals surface area contributed by atoms with E-state index < -0.39 is 9.84 Å². The molecule has 0 saturated heterocycles. The van der Waals surface area contributed by atoms with Crippen LogP contribution in [-0.2, 0) is 21.2 Å². The Hall–Kier alpha value is -1.87. The van der Waals surface area contributed by atoms with Crippen LogP contribution < -0.4 is 4.74 Å². The fraction of sp³-hybridized carbons (Fsp3) is 0.174. The first kappa shape index (κ1) is 24.8. The molecule has 0 bridgehead atoms. The fourth-order valence-electron chi connectivity index (χ4n) is 2.93. The summed E-state index contributed by atoms with van der Waals surface area (Å²) in [6.45, 7) is 0.264. The zero-order chi connectivity index (χ0) is 23.3. The van der Waals surface area contributed by atoms with Crippen molar-refractivity contribution < 1.29 is 17.9 Å². The summed E-state index contributed by atoms with van der Waals surface area (Å²) < 4.78 is 32.7. The van der Waals surface area contributed by atoms with Crippen LogP contribution in [0.5, 0.6) is 11.5 Å². The van der Waals surface area contributed by atoms with Crippen LogP contribution in [0.4, 0.5) is 0 Å². The Kier molecular flexibility index (Phi) is 8.38. The Morgan fingerprint density at radius 3 is 2.38 bits per heavy atom. The van der Waals surface area contributed by atoms with Crippen molar-refractivity contribution in [1.29, 1.82) is 0 Å². The highest BCUT2D eigenvalue weighted by molar-refractivity contribution is 9.10. The molecular formula is C23H20Br2ClNO4S.